The summed E-state index contributed by atoms with van der Waals surface area (Å²) >= 11 is 6.03. The summed E-state index contributed by atoms with van der Waals surface area (Å²) in [7, 11) is 0. The topological polar surface area (TPSA) is 55.4 Å². The number of esters is 1. The summed E-state index contributed by atoms with van der Waals surface area (Å²) in [4.78, 5) is 23.6. The minimum Gasteiger partial charge on any atom is -0.456 e. The van der Waals surface area contributed by atoms with E-state index in [1.54, 1.807) is 31.2 Å². The molecule has 0 unspecified atom stereocenters. The molecule has 0 aliphatic rings. The van der Waals surface area contributed by atoms with Gasteiger partial charge in [0.05, 0.1) is 0 Å². The zero-order chi connectivity index (χ0) is 16.8. The Morgan fingerprint density at radius 2 is 1.96 bits per heavy atom. The number of nitrogens with one attached hydrogen (secondary N) is 1. The second kappa shape index (κ2) is 7.74. The highest BCUT2D eigenvalue weighted by molar-refractivity contribution is 6.31. The largest absolute Gasteiger partial charge is 0.456 e. The van der Waals surface area contributed by atoms with Crippen LogP contribution in [0.4, 0.5) is 4.39 Å². The number of hydrogen-bond donors (Lipinski definition) is 1. The third kappa shape index (κ3) is 4.79. The van der Waals surface area contributed by atoms with Gasteiger partial charge < -0.3 is 10.1 Å². The van der Waals surface area contributed by atoms with Gasteiger partial charge in [-0.15, -0.1) is 0 Å². The van der Waals surface area contributed by atoms with Gasteiger partial charge >= 0.3 is 5.97 Å². The number of rotatable bonds is 5. The van der Waals surface area contributed by atoms with Gasteiger partial charge in [0.25, 0.3) is 5.91 Å². The summed E-state index contributed by atoms with van der Waals surface area (Å²) in [5.74, 6) is -1.68. The number of ether oxygens (including phenoxy) is 1. The van der Waals surface area contributed by atoms with Crippen LogP contribution < -0.4 is 5.32 Å². The third-order valence-electron chi connectivity index (χ3n) is 3.13. The smallest absolute Gasteiger partial charge is 0.326 e. The van der Waals surface area contributed by atoms with Gasteiger partial charge in [-0.25, -0.2) is 4.39 Å². The molecule has 0 aliphatic heterocycles. The van der Waals surface area contributed by atoms with Crippen LogP contribution in [0.15, 0.2) is 48.5 Å². The summed E-state index contributed by atoms with van der Waals surface area (Å²) < 4.78 is 18.3. The molecule has 0 heterocycles. The summed E-state index contributed by atoms with van der Waals surface area (Å²) in [6.07, 6.45) is -0.540. The molecule has 0 radical (unpaired) electrons. The molecule has 6 heteroatoms. The molecule has 1 N–H and O–H groups in total. The predicted molar refractivity (Wildman–Crippen MR) is 84.7 cm³/mol. The van der Waals surface area contributed by atoms with Crippen molar-refractivity contribution in [2.45, 2.75) is 13.0 Å². The fourth-order valence-corrected chi connectivity index (χ4v) is 2.28. The zero-order valence-electron chi connectivity index (χ0n) is 12.4. The van der Waals surface area contributed by atoms with E-state index in [9.17, 15) is 14.0 Å². The van der Waals surface area contributed by atoms with Gasteiger partial charge in [-0.3, -0.25) is 9.59 Å². The van der Waals surface area contributed by atoms with Crippen LogP contribution in [0.25, 0.3) is 0 Å². The average molecular weight is 336 g/mol. The standard InChI is InChI=1S/C17H15ClFNO3/c1-11(14-7-2-3-8-15(14)18)23-16(21)10-20-17(22)12-5-4-6-13(19)9-12/h2-9,11H,10H2,1H3,(H,20,22)/t11-/m0/s1. The van der Waals surface area contributed by atoms with Crippen molar-refractivity contribution >= 4 is 23.5 Å². The zero-order valence-corrected chi connectivity index (χ0v) is 13.1. The number of halogens is 2. The van der Waals surface area contributed by atoms with Gasteiger partial charge in [0.2, 0.25) is 0 Å². The molecule has 0 saturated carbocycles. The second-order valence-corrected chi connectivity index (χ2v) is 5.25. The molecule has 1 atom stereocenters. The maximum Gasteiger partial charge on any atom is 0.326 e. The van der Waals surface area contributed by atoms with Crippen molar-refractivity contribution in [2.75, 3.05) is 6.54 Å². The lowest BCUT2D eigenvalue weighted by Gasteiger charge is -2.15. The molecular formula is C17H15ClFNO3. The fourth-order valence-electron chi connectivity index (χ4n) is 1.99. The van der Waals surface area contributed by atoms with Crippen LogP contribution in [-0.2, 0) is 9.53 Å². The summed E-state index contributed by atoms with van der Waals surface area (Å²) in [5, 5.41) is 2.88. The maximum absolute atomic E-state index is 13.0. The van der Waals surface area contributed by atoms with E-state index < -0.39 is 23.8 Å². The first-order chi connectivity index (χ1) is 11.0. The summed E-state index contributed by atoms with van der Waals surface area (Å²) in [6, 6.07) is 12.2. The molecule has 0 saturated heterocycles. The van der Waals surface area contributed by atoms with E-state index in [2.05, 4.69) is 5.32 Å². The number of benzene rings is 2. The van der Waals surface area contributed by atoms with Gasteiger partial charge in [-0.05, 0) is 31.2 Å². The van der Waals surface area contributed by atoms with E-state index in [1.165, 1.54) is 18.2 Å². The highest BCUT2D eigenvalue weighted by Crippen LogP contribution is 2.24. The first-order valence-electron chi connectivity index (χ1n) is 6.95. The number of carbonyl (C=O) groups is 2. The lowest BCUT2D eigenvalue weighted by Crippen LogP contribution is -2.31. The molecule has 23 heavy (non-hydrogen) atoms. The van der Waals surface area contributed by atoms with Crippen molar-refractivity contribution < 1.29 is 18.7 Å². The highest BCUT2D eigenvalue weighted by Gasteiger charge is 2.15. The fraction of sp³-hybridized carbons (Fsp3) is 0.176. The Morgan fingerprint density at radius 3 is 2.65 bits per heavy atom. The van der Waals surface area contributed by atoms with Crippen molar-refractivity contribution in [1.29, 1.82) is 0 Å². The van der Waals surface area contributed by atoms with Gasteiger partial charge in [-0.1, -0.05) is 35.9 Å². The van der Waals surface area contributed by atoms with Crippen molar-refractivity contribution in [2.24, 2.45) is 0 Å². The molecule has 1 amide bonds. The first-order valence-corrected chi connectivity index (χ1v) is 7.33. The summed E-state index contributed by atoms with van der Waals surface area (Å²) in [5.41, 5.74) is 0.816. The predicted octanol–water partition coefficient (Wildman–Crippen LogP) is 3.51. The molecule has 2 aromatic carbocycles. The van der Waals surface area contributed by atoms with Crippen LogP contribution in [0.5, 0.6) is 0 Å². The van der Waals surface area contributed by atoms with E-state index in [0.29, 0.717) is 10.6 Å². The monoisotopic (exact) mass is 335 g/mol. The van der Waals surface area contributed by atoms with Gasteiger partial charge in [0.1, 0.15) is 18.5 Å². The SMILES string of the molecule is C[C@H](OC(=O)CNC(=O)c1cccc(F)c1)c1ccccc1Cl. The molecule has 2 aromatic rings. The van der Waals surface area contributed by atoms with Crippen molar-refractivity contribution in [3.8, 4) is 0 Å². The van der Waals surface area contributed by atoms with Crippen molar-refractivity contribution in [1.82, 2.24) is 5.32 Å². The Balaban J connectivity index is 1.88. The Labute approximate surface area is 138 Å². The van der Waals surface area contributed by atoms with Crippen LogP contribution in [-0.4, -0.2) is 18.4 Å². The van der Waals surface area contributed by atoms with E-state index in [0.717, 1.165) is 6.07 Å². The molecular weight excluding hydrogens is 321 g/mol. The van der Waals surface area contributed by atoms with Crippen LogP contribution in [0.2, 0.25) is 5.02 Å². The summed E-state index contributed by atoms with van der Waals surface area (Å²) in [6.45, 7) is 1.37. The number of carbonyl (C=O) groups excluding carboxylic acids is 2. The third-order valence-corrected chi connectivity index (χ3v) is 3.48. The Bertz CT molecular complexity index is 720. The van der Waals surface area contributed by atoms with E-state index in [-0.39, 0.29) is 12.1 Å². The Kier molecular flexibility index (Phi) is 5.71. The highest BCUT2D eigenvalue weighted by atomic mass is 35.5. The van der Waals surface area contributed by atoms with Gasteiger partial charge in [0, 0.05) is 16.1 Å². The molecule has 120 valence electrons. The minimum absolute atomic E-state index is 0.136. The van der Waals surface area contributed by atoms with Crippen LogP contribution in [0.1, 0.15) is 28.9 Å². The van der Waals surface area contributed by atoms with Crippen LogP contribution >= 0.6 is 11.6 Å². The van der Waals surface area contributed by atoms with Crippen LogP contribution in [0, 0.1) is 5.82 Å². The Morgan fingerprint density at radius 1 is 1.22 bits per heavy atom. The van der Waals surface area contributed by atoms with E-state index >= 15 is 0 Å². The molecule has 4 nitrogen and oxygen atoms in total. The lowest BCUT2D eigenvalue weighted by molar-refractivity contribution is -0.147. The lowest BCUT2D eigenvalue weighted by atomic mass is 10.1. The molecule has 2 rings (SSSR count). The average Bonchev–Trinajstić information content (AvgIpc) is 2.53. The molecule has 0 spiro atoms. The van der Waals surface area contributed by atoms with Gasteiger partial charge in [-0.2, -0.15) is 0 Å². The van der Waals surface area contributed by atoms with Crippen LogP contribution in [0.3, 0.4) is 0 Å². The van der Waals surface area contributed by atoms with Gasteiger partial charge in [0.15, 0.2) is 0 Å². The molecule has 0 aromatic heterocycles. The second-order valence-electron chi connectivity index (χ2n) is 4.85. The first kappa shape index (κ1) is 17.0. The number of amides is 1. The molecule has 0 aliphatic carbocycles. The minimum atomic E-state index is -0.609. The normalized spacial score (nSPS) is 11.6. The number of hydrogen-bond acceptors (Lipinski definition) is 3. The Hall–Kier alpha value is -2.40. The van der Waals surface area contributed by atoms with E-state index in [1.807, 2.05) is 0 Å². The molecule has 0 fully saturated rings. The maximum atomic E-state index is 13.0. The quantitative estimate of drug-likeness (QED) is 0.851. The van der Waals surface area contributed by atoms with Crippen molar-refractivity contribution in [3.63, 3.8) is 0 Å². The van der Waals surface area contributed by atoms with E-state index in [4.69, 9.17) is 16.3 Å². The van der Waals surface area contributed by atoms with Crippen molar-refractivity contribution in [3.05, 3.63) is 70.5 Å². The molecule has 0 bridgehead atoms.